The second-order valence-corrected chi connectivity index (χ2v) is 6.21. The summed E-state index contributed by atoms with van der Waals surface area (Å²) in [6.07, 6.45) is 4.71. The highest BCUT2D eigenvalue weighted by Gasteiger charge is 2.32. The molecule has 0 fully saturated rings. The van der Waals surface area contributed by atoms with Gasteiger partial charge in [0.05, 0.1) is 25.9 Å². The lowest BCUT2D eigenvalue weighted by atomic mass is 10.1. The monoisotopic (exact) mass is 416 g/mol. The number of fused-ring (bicyclic) bond motifs is 3. The molecule has 0 bridgehead atoms. The Hall–Kier alpha value is -3.10. The van der Waals surface area contributed by atoms with Gasteiger partial charge >= 0.3 is 0 Å². The maximum Gasteiger partial charge on any atom is 0.191 e. The number of pyridine rings is 1. The molecule has 29 heavy (non-hydrogen) atoms. The summed E-state index contributed by atoms with van der Waals surface area (Å²) < 4.78 is 11.1. The molecule has 0 saturated heterocycles. The van der Waals surface area contributed by atoms with Crippen LogP contribution in [0, 0.1) is 0 Å². The lowest BCUT2D eigenvalue weighted by molar-refractivity contribution is 0.104. The van der Waals surface area contributed by atoms with Gasteiger partial charge in [0.15, 0.2) is 17.3 Å². The van der Waals surface area contributed by atoms with Crippen LogP contribution in [0.15, 0.2) is 53.5 Å². The predicted octanol–water partition coefficient (Wildman–Crippen LogP) is 2.10. The van der Waals surface area contributed by atoms with Crippen LogP contribution in [-0.4, -0.2) is 60.0 Å². The number of aliphatic imine (C=N–C) groups is 1. The highest BCUT2D eigenvalue weighted by molar-refractivity contribution is 6.11. The molecule has 2 aliphatic heterocycles. The highest BCUT2D eigenvalue weighted by atomic mass is 35.5. The van der Waals surface area contributed by atoms with Crippen LogP contribution in [0.5, 0.6) is 11.5 Å². The minimum atomic E-state index is -0.156. The zero-order valence-electron chi connectivity index (χ0n) is 15.8. The van der Waals surface area contributed by atoms with Crippen molar-refractivity contribution < 1.29 is 19.4 Å². The summed E-state index contributed by atoms with van der Waals surface area (Å²) in [6, 6.07) is 7.15. The van der Waals surface area contributed by atoms with Gasteiger partial charge < -0.3 is 24.8 Å². The number of amidine groups is 1. The van der Waals surface area contributed by atoms with Crippen molar-refractivity contribution in [3.8, 4) is 11.5 Å². The molecule has 8 nitrogen and oxygen atoms in total. The van der Waals surface area contributed by atoms with Crippen LogP contribution >= 0.6 is 12.4 Å². The van der Waals surface area contributed by atoms with Gasteiger partial charge in [0.1, 0.15) is 18.3 Å². The fraction of sp³-hybridized carbons (Fsp3) is 0.250. The number of aromatic nitrogens is 1. The summed E-state index contributed by atoms with van der Waals surface area (Å²) in [7, 11) is 1.55. The minimum Gasteiger partial charge on any atom is -0.491 e. The highest BCUT2D eigenvalue weighted by Crippen LogP contribution is 2.42. The quantitative estimate of drug-likeness (QED) is 0.549. The number of hydrogen-bond acceptors (Lipinski definition) is 8. The molecule has 0 spiro atoms. The Morgan fingerprint density at radius 2 is 2.24 bits per heavy atom. The summed E-state index contributed by atoms with van der Waals surface area (Å²) in [5, 5.41) is 12.3. The molecule has 1 aromatic carbocycles. The van der Waals surface area contributed by atoms with Crippen LogP contribution in [0.4, 0.5) is 5.69 Å². The van der Waals surface area contributed by atoms with E-state index in [1.165, 1.54) is 6.20 Å². The third-order valence-electron chi connectivity index (χ3n) is 4.51. The fourth-order valence-electron chi connectivity index (χ4n) is 3.28. The maximum atomic E-state index is 12.7. The van der Waals surface area contributed by atoms with Crippen molar-refractivity contribution in [3.63, 3.8) is 0 Å². The largest absolute Gasteiger partial charge is 0.491 e. The Labute approximate surface area is 174 Å². The van der Waals surface area contributed by atoms with Crippen LogP contribution in [0.1, 0.15) is 15.9 Å². The van der Waals surface area contributed by atoms with Gasteiger partial charge in [-0.25, -0.2) is 0 Å². The number of carbonyl (C=O) groups excluding carboxylic acids is 1. The predicted molar refractivity (Wildman–Crippen MR) is 111 cm³/mol. The number of anilines is 1. The minimum absolute atomic E-state index is 0. The average molecular weight is 417 g/mol. The Morgan fingerprint density at radius 1 is 1.38 bits per heavy atom. The fourth-order valence-corrected chi connectivity index (χ4v) is 3.28. The number of carbonyl (C=O) groups is 1. The summed E-state index contributed by atoms with van der Waals surface area (Å²) in [6.45, 7) is 1.38. The number of methoxy groups -OCH3 is 1. The lowest BCUT2D eigenvalue weighted by Crippen LogP contribution is -2.36. The van der Waals surface area contributed by atoms with E-state index in [1.807, 2.05) is 11.0 Å². The van der Waals surface area contributed by atoms with E-state index in [-0.39, 0.29) is 31.4 Å². The molecule has 152 valence electrons. The van der Waals surface area contributed by atoms with Gasteiger partial charge in [0, 0.05) is 36.1 Å². The lowest BCUT2D eigenvalue weighted by Gasteiger charge is -2.32. The Morgan fingerprint density at radius 3 is 2.97 bits per heavy atom. The van der Waals surface area contributed by atoms with Crippen molar-refractivity contribution in [1.29, 1.82) is 0 Å². The van der Waals surface area contributed by atoms with Crippen LogP contribution in [-0.2, 0) is 0 Å². The SMILES string of the molecule is COc1c(OCCO)ccc2c1NC(=CC(=O)c1cccnc1)N1CCN=C21.Cl. The van der Waals surface area contributed by atoms with Crippen molar-refractivity contribution in [2.24, 2.45) is 4.99 Å². The third kappa shape index (κ3) is 3.90. The summed E-state index contributed by atoms with van der Waals surface area (Å²) in [4.78, 5) is 23.2. The standard InChI is InChI=1S/C20H20N4O4.ClH/c1-27-19-16(28-10-9-25)5-4-14-18(19)23-17(24-8-7-22-20(14)24)11-15(26)13-3-2-6-21-12-13;/h2-6,11-12,23,25H,7-10H2,1H3;1H. The van der Waals surface area contributed by atoms with E-state index in [2.05, 4.69) is 15.3 Å². The maximum absolute atomic E-state index is 12.7. The van der Waals surface area contributed by atoms with Gasteiger partial charge in [-0.3, -0.25) is 14.8 Å². The molecule has 2 N–H and O–H groups in total. The van der Waals surface area contributed by atoms with Gasteiger partial charge in [0.2, 0.25) is 0 Å². The van der Waals surface area contributed by atoms with Gasteiger partial charge in [-0.2, -0.15) is 0 Å². The van der Waals surface area contributed by atoms with E-state index in [0.717, 1.165) is 11.4 Å². The van der Waals surface area contributed by atoms with Crippen molar-refractivity contribution >= 4 is 29.7 Å². The van der Waals surface area contributed by atoms with E-state index in [4.69, 9.17) is 14.6 Å². The van der Waals surface area contributed by atoms with Crippen LogP contribution in [0.2, 0.25) is 0 Å². The van der Waals surface area contributed by atoms with E-state index in [0.29, 0.717) is 41.7 Å². The van der Waals surface area contributed by atoms with Gasteiger partial charge in [-0.05, 0) is 24.3 Å². The molecule has 2 aromatic rings. The Bertz CT molecular complexity index is 962. The Balaban J connectivity index is 0.00000240. The van der Waals surface area contributed by atoms with Crippen LogP contribution in [0.25, 0.3) is 0 Å². The van der Waals surface area contributed by atoms with E-state index in [9.17, 15) is 4.79 Å². The molecule has 0 radical (unpaired) electrons. The van der Waals surface area contributed by atoms with Crippen molar-refractivity contribution in [2.45, 2.75) is 0 Å². The Kier molecular flexibility index (Phi) is 6.36. The molecule has 0 atom stereocenters. The molecule has 0 aliphatic carbocycles. The van der Waals surface area contributed by atoms with Crippen molar-refractivity contribution in [1.82, 2.24) is 9.88 Å². The molecule has 3 heterocycles. The second kappa shape index (κ2) is 8.93. The summed E-state index contributed by atoms with van der Waals surface area (Å²) in [5.41, 5.74) is 2.06. The number of benzene rings is 1. The number of ether oxygens (including phenoxy) is 2. The molecule has 9 heteroatoms. The van der Waals surface area contributed by atoms with Gasteiger partial charge in [-0.15, -0.1) is 12.4 Å². The summed E-state index contributed by atoms with van der Waals surface area (Å²) >= 11 is 0. The van der Waals surface area contributed by atoms with Crippen LogP contribution < -0.4 is 14.8 Å². The molecule has 0 amide bonds. The average Bonchev–Trinajstić information content (AvgIpc) is 3.23. The van der Waals surface area contributed by atoms with Gasteiger partial charge in [-0.1, -0.05) is 0 Å². The molecule has 2 aliphatic rings. The zero-order chi connectivity index (χ0) is 19.5. The number of aliphatic hydroxyl groups excluding tert-OH is 1. The number of allylic oxidation sites excluding steroid dienone is 1. The van der Waals surface area contributed by atoms with Crippen molar-refractivity contribution in [2.75, 3.05) is 38.7 Å². The van der Waals surface area contributed by atoms with Crippen molar-refractivity contribution in [3.05, 3.63) is 59.7 Å². The molecule has 0 saturated carbocycles. The normalized spacial score (nSPS) is 15.6. The first-order valence-electron chi connectivity index (χ1n) is 8.93. The number of rotatable bonds is 6. The second-order valence-electron chi connectivity index (χ2n) is 6.21. The number of nitrogens with one attached hydrogen (secondary N) is 1. The number of ketones is 1. The zero-order valence-corrected chi connectivity index (χ0v) is 16.6. The molecular weight excluding hydrogens is 396 g/mol. The first-order chi connectivity index (χ1) is 13.7. The van der Waals surface area contributed by atoms with E-state index < -0.39 is 0 Å². The number of hydrogen-bond donors (Lipinski definition) is 2. The summed E-state index contributed by atoms with van der Waals surface area (Å²) in [5.74, 6) is 2.26. The molecular formula is C20H21ClN4O4. The smallest absolute Gasteiger partial charge is 0.191 e. The first kappa shape index (κ1) is 20.6. The third-order valence-corrected chi connectivity index (χ3v) is 4.51. The topological polar surface area (TPSA) is 96.3 Å². The molecule has 0 unspecified atom stereocenters. The number of aliphatic hydroxyl groups is 1. The molecule has 1 aromatic heterocycles. The van der Waals surface area contributed by atoms with E-state index >= 15 is 0 Å². The number of nitrogens with zero attached hydrogens (tertiary/aromatic N) is 3. The van der Waals surface area contributed by atoms with E-state index in [1.54, 1.807) is 37.6 Å². The molecule has 4 rings (SSSR count). The van der Waals surface area contributed by atoms with Crippen LogP contribution in [0.3, 0.4) is 0 Å². The first-order valence-corrected chi connectivity index (χ1v) is 8.93. The number of halogens is 1. The van der Waals surface area contributed by atoms with Gasteiger partial charge in [0.25, 0.3) is 0 Å².